The molecule has 6 heteroatoms. The van der Waals surface area contributed by atoms with Gasteiger partial charge in [-0.3, -0.25) is 15.0 Å². The number of furan rings is 1. The van der Waals surface area contributed by atoms with Gasteiger partial charge in [0.2, 0.25) is 5.88 Å². The lowest BCUT2D eigenvalue weighted by molar-refractivity contribution is -0.143. The van der Waals surface area contributed by atoms with Gasteiger partial charge in [-0.05, 0) is 20.0 Å². The summed E-state index contributed by atoms with van der Waals surface area (Å²) in [6, 6.07) is 2.05. The summed E-state index contributed by atoms with van der Waals surface area (Å²) >= 11 is 0. The molecule has 0 saturated heterocycles. The largest absolute Gasteiger partial charge is 0.480 e. The van der Waals surface area contributed by atoms with Gasteiger partial charge in [-0.25, -0.2) is 4.79 Å². The van der Waals surface area contributed by atoms with Crippen molar-refractivity contribution in [3.8, 4) is 0 Å². The van der Waals surface area contributed by atoms with Crippen molar-refractivity contribution < 1.29 is 19.1 Å². The molecule has 1 unspecified atom stereocenters. The molecule has 0 saturated carbocycles. The molecule has 0 aliphatic carbocycles. The number of amides is 1. The molecule has 0 radical (unpaired) electrons. The molecule has 6 nitrogen and oxygen atoms in total. The molecule has 1 rings (SSSR count). The normalized spacial score (nSPS) is 12.2. The number of carbonyl (C=O) groups excluding carboxylic acids is 1. The Hall–Kier alpha value is -1.82. The lowest BCUT2D eigenvalue weighted by Crippen LogP contribution is -2.48. The van der Waals surface area contributed by atoms with Gasteiger partial charge in [-0.2, -0.15) is 0 Å². The topological polar surface area (TPSA) is 82.8 Å². The Morgan fingerprint density at radius 2 is 2.12 bits per heavy atom. The van der Waals surface area contributed by atoms with Gasteiger partial charge in [0.1, 0.15) is 5.76 Å². The SMILES string of the molecule is CNC(C(=O)O)C(=O)N(C)c1ccc(C)o1. The lowest BCUT2D eigenvalue weighted by atomic mass is 10.2. The van der Waals surface area contributed by atoms with Crippen LogP contribution in [-0.2, 0) is 9.59 Å². The first-order valence-corrected chi connectivity index (χ1v) is 4.71. The molecule has 1 atom stereocenters. The summed E-state index contributed by atoms with van der Waals surface area (Å²) in [5.41, 5.74) is 0. The molecular formula is C10H14N2O4. The van der Waals surface area contributed by atoms with Crippen LogP contribution in [-0.4, -0.2) is 37.1 Å². The van der Waals surface area contributed by atoms with Crippen molar-refractivity contribution in [2.75, 3.05) is 19.0 Å². The number of hydrogen-bond acceptors (Lipinski definition) is 4. The van der Waals surface area contributed by atoms with E-state index in [0.29, 0.717) is 11.6 Å². The molecule has 0 aliphatic heterocycles. The highest BCUT2D eigenvalue weighted by atomic mass is 16.4. The number of carboxylic acids is 1. The van der Waals surface area contributed by atoms with Gasteiger partial charge in [0.25, 0.3) is 5.91 Å². The van der Waals surface area contributed by atoms with Crippen LogP contribution in [0.25, 0.3) is 0 Å². The van der Waals surface area contributed by atoms with Crippen LogP contribution in [0.5, 0.6) is 0 Å². The Labute approximate surface area is 92.8 Å². The number of rotatable bonds is 4. The van der Waals surface area contributed by atoms with Crippen molar-refractivity contribution in [2.45, 2.75) is 13.0 Å². The van der Waals surface area contributed by atoms with Crippen LogP contribution in [0.1, 0.15) is 5.76 Å². The minimum atomic E-state index is -1.27. The van der Waals surface area contributed by atoms with Crippen LogP contribution in [0.3, 0.4) is 0 Å². The van der Waals surface area contributed by atoms with Gasteiger partial charge in [0.05, 0.1) is 0 Å². The number of nitrogens with one attached hydrogen (secondary N) is 1. The van der Waals surface area contributed by atoms with Crippen LogP contribution >= 0.6 is 0 Å². The van der Waals surface area contributed by atoms with Crippen LogP contribution in [0.15, 0.2) is 16.5 Å². The van der Waals surface area contributed by atoms with E-state index in [9.17, 15) is 9.59 Å². The van der Waals surface area contributed by atoms with E-state index in [0.717, 1.165) is 0 Å². The predicted molar refractivity (Wildman–Crippen MR) is 57.3 cm³/mol. The number of carboxylic acid groups (broad SMARTS) is 1. The maximum atomic E-state index is 11.7. The van der Waals surface area contributed by atoms with Crippen molar-refractivity contribution in [3.63, 3.8) is 0 Å². The number of nitrogens with zero attached hydrogens (tertiary/aromatic N) is 1. The van der Waals surface area contributed by atoms with Crippen molar-refractivity contribution >= 4 is 17.8 Å². The molecule has 16 heavy (non-hydrogen) atoms. The van der Waals surface area contributed by atoms with Crippen LogP contribution in [0.2, 0.25) is 0 Å². The monoisotopic (exact) mass is 226 g/mol. The maximum Gasteiger partial charge on any atom is 0.330 e. The highest BCUT2D eigenvalue weighted by molar-refractivity contribution is 6.08. The Morgan fingerprint density at radius 1 is 1.50 bits per heavy atom. The number of anilines is 1. The summed E-state index contributed by atoms with van der Waals surface area (Å²) in [7, 11) is 2.88. The van der Waals surface area contributed by atoms with E-state index >= 15 is 0 Å². The third kappa shape index (κ3) is 2.40. The molecular weight excluding hydrogens is 212 g/mol. The zero-order valence-electron chi connectivity index (χ0n) is 9.35. The van der Waals surface area contributed by atoms with Crippen molar-refractivity contribution in [1.82, 2.24) is 5.32 Å². The average molecular weight is 226 g/mol. The highest BCUT2D eigenvalue weighted by Crippen LogP contribution is 2.17. The summed E-state index contributed by atoms with van der Waals surface area (Å²) in [6.07, 6.45) is 0. The van der Waals surface area contributed by atoms with Gasteiger partial charge in [-0.15, -0.1) is 0 Å². The van der Waals surface area contributed by atoms with Gasteiger partial charge in [0, 0.05) is 13.1 Å². The summed E-state index contributed by atoms with van der Waals surface area (Å²) in [5, 5.41) is 11.2. The van der Waals surface area contributed by atoms with E-state index in [1.54, 1.807) is 19.1 Å². The Kier molecular flexibility index (Phi) is 3.68. The van der Waals surface area contributed by atoms with Crippen molar-refractivity contribution in [3.05, 3.63) is 17.9 Å². The van der Waals surface area contributed by atoms with Gasteiger partial charge in [0.15, 0.2) is 6.04 Å². The number of aliphatic carboxylic acids is 1. The quantitative estimate of drug-likeness (QED) is 0.718. The van der Waals surface area contributed by atoms with Crippen molar-refractivity contribution in [1.29, 1.82) is 0 Å². The Morgan fingerprint density at radius 3 is 2.50 bits per heavy atom. The number of carbonyl (C=O) groups is 2. The molecule has 0 spiro atoms. The van der Waals surface area contributed by atoms with Crippen LogP contribution in [0.4, 0.5) is 5.88 Å². The van der Waals surface area contributed by atoms with Crippen LogP contribution in [0, 0.1) is 6.92 Å². The van der Waals surface area contributed by atoms with E-state index in [-0.39, 0.29) is 0 Å². The van der Waals surface area contributed by atoms with E-state index in [4.69, 9.17) is 9.52 Å². The molecule has 88 valence electrons. The first kappa shape index (κ1) is 12.3. The molecule has 1 heterocycles. The van der Waals surface area contributed by atoms with Crippen molar-refractivity contribution in [2.24, 2.45) is 0 Å². The lowest BCUT2D eigenvalue weighted by Gasteiger charge is -2.18. The minimum Gasteiger partial charge on any atom is -0.480 e. The highest BCUT2D eigenvalue weighted by Gasteiger charge is 2.28. The fourth-order valence-corrected chi connectivity index (χ4v) is 1.26. The summed E-state index contributed by atoms with van der Waals surface area (Å²) < 4.78 is 5.23. The van der Waals surface area contributed by atoms with Gasteiger partial charge >= 0.3 is 5.97 Å². The molecule has 1 aromatic heterocycles. The number of hydrogen-bond donors (Lipinski definition) is 2. The molecule has 0 aliphatic rings. The second-order valence-corrected chi connectivity index (χ2v) is 3.34. The maximum absolute atomic E-state index is 11.7. The molecule has 0 aromatic carbocycles. The summed E-state index contributed by atoms with van der Waals surface area (Å²) in [6.45, 7) is 1.74. The Bertz CT molecular complexity index is 399. The smallest absolute Gasteiger partial charge is 0.330 e. The first-order valence-electron chi connectivity index (χ1n) is 4.71. The molecule has 1 amide bonds. The van der Waals surface area contributed by atoms with E-state index in [2.05, 4.69) is 5.32 Å². The van der Waals surface area contributed by atoms with E-state index < -0.39 is 17.9 Å². The average Bonchev–Trinajstić information content (AvgIpc) is 2.64. The van der Waals surface area contributed by atoms with Gasteiger partial charge in [-0.1, -0.05) is 0 Å². The van der Waals surface area contributed by atoms with Crippen LogP contribution < -0.4 is 10.2 Å². The molecule has 2 N–H and O–H groups in total. The third-order valence-electron chi connectivity index (χ3n) is 2.17. The predicted octanol–water partition coefficient (Wildman–Crippen LogP) is 0.223. The fraction of sp³-hybridized carbons (Fsp3) is 0.400. The van der Waals surface area contributed by atoms with E-state index in [1.807, 2.05) is 0 Å². The number of likely N-dealkylation sites (N-methyl/N-ethyl adjacent to an activating group) is 2. The summed E-state index contributed by atoms with van der Waals surface area (Å²) in [5.74, 6) is -0.818. The molecule has 1 aromatic rings. The standard InChI is InChI=1S/C10H14N2O4/c1-6-4-5-7(16-6)12(3)9(13)8(11-2)10(14)15/h4-5,8,11H,1-3H3,(H,14,15). The molecule has 0 bridgehead atoms. The summed E-state index contributed by atoms with van der Waals surface area (Å²) in [4.78, 5) is 23.7. The first-order chi connectivity index (χ1) is 7.47. The fourth-order valence-electron chi connectivity index (χ4n) is 1.26. The Balaban J connectivity index is 2.85. The second kappa shape index (κ2) is 4.80. The molecule has 0 fully saturated rings. The second-order valence-electron chi connectivity index (χ2n) is 3.34. The third-order valence-corrected chi connectivity index (χ3v) is 2.17. The zero-order chi connectivity index (χ0) is 12.3. The van der Waals surface area contributed by atoms with Gasteiger partial charge < -0.3 is 9.52 Å². The number of aryl methyl sites for hydroxylation is 1. The zero-order valence-corrected chi connectivity index (χ0v) is 9.35. The minimum absolute atomic E-state index is 0.323. The van der Waals surface area contributed by atoms with E-state index in [1.165, 1.54) is 19.0 Å².